The van der Waals surface area contributed by atoms with Crippen LogP contribution in [-0.4, -0.2) is 31.7 Å². The van der Waals surface area contributed by atoms with E-state index in [1.165, 1.54) is 6.42 Å². The van der Waals surface area contributed by atoms with Crippen molar-refractivity contribution in [3.8, 4) is 0 Å². The van der Waals surface area contributed by atoms with Crippen LogP contribution in [0.4, 0.5) is 0 Å². The van der Waals surface area contributed by atoms with Gasteiger partial charge < -0.3 is 15.8 Å². The zero-order chi connectivity index (χ0) is 14.3. The summed E-state index contributed by atoms with van der Waals surface area (Å²) in [5.41, 5.74) is 6.39. The van der Waals surface area contributed by atoms with Gasteiger partial charge in [0.25, 0.3) is 0 Å². The molecule has 0 spiro atoms. The number of rotatable bonds is 6. The van der Waals surface area contributed by atoms with Crippen molar-refractivity contribution < 1.29 is 9.53 Å². The van der Waals surface area contributed by atoms with Crippen molar-refractivity contribution >= 4 is 5.91 Å². The molecular weight excluding hydrogens is 240 g/mol. The zero-order valence-electron chi connectivity index (χ0n) is 12.7. The first kappa shape index (κ1) is 16.4. The average molecular weight is 270 g/mol. The normalized spacial score (nSPS) is 19.2. The Bertz CT molecular complexity index is 268. The van der Waals surface area contributed by atoms with Crippen molar-refractivity contribution in [3.63, 3.8) is 0 Å². The first-order chi connectivity index (χ1) is 8.90. The van der Waals surface area contributed by atoms with E-state index < -0.39 is 0 Å². The molecule has 0 saturated carbocycles. The van der Waals surface area contributed by atoms with Crippen LogP contribution >= 0.6 is 0 Å². The van der Waals surface area contributed by atoms with Crippen LogP contribution in [0.5, 0.6) is 0 Å². The van der Waals surface area contributed by atoms with Gasteiger partial charge in [0.1, 0.15) is 0 Å². The second-order valence-electron chi connectivity index (χ2n) is 6.78. The van der Waals surface area contributed by atoms with E-state index in [1.807, 2.05) is 0 Å². The number of nitrogens with two attached hydrogens (primary N) is 1. The van der Waals surface area contributed by atoms with Gasteiger partial charge in [-0.25, -0.2) is 0 Å². The summed E-state index contributed by atoms with van der Waals surface area (Å²) in [6.07, 6.45) is 5.17. The van der Waals surface area contributed by atoms with Crippen molar-refractivity contribution in [2.75, 3.05) is 19.8 Å². The van der Waals surface area contributed by atoms with Crippen LogP contribution in [-0.2, 0) is 9.53 Å². The first-order valence-corrected chi connectivity index (χ1v) is 7.51. The molecule has 1 aliphatic rings. The number of hydrogen-bond donors (Lipinski definition) is 2. The molecule has 4 heteroatoms. The summed E-state index contributed by atoms with van der Waals surface area (Å²) in [5, 5.41) is 2.96. The van der Waals surface area contributed by atoms with Gasteiger partial charge in [0, 0.05) is 19.8 Å². The molecule has 1 aliphatic heterocycles. The number of carbonyl (C=O) groups is 1. The topological polar surface area (TPSA) is 64.4 Å². The number of carbonyl (C=O) groups excluding carboxylic acids is 1. The minimum absolute atomic E-state index is 0.00246. The van der Waals surface area contributed by atoms with E-state index in [4.69, 9.17) is 10.5 Å². The minimum Gasteiger partial charge on any atom is -0.381 e. The highest BCUT2D eigenvalue weighted by Crippen LogP contribution is 2.21. The zero-order valence-corrected chi connectivity index (χ0v) is 12.7. The Morgan fingerprint density at radius 3 is 2.53 bits per heavy atom. The van der Waals surface area contributed by atoms with Crippen LogP contribution in [0.1, 0.15) is 52.9 Å². The fraction of sp³-hybridized carbons (Fsp3) is 0.933. The van der Waals surface area contributed by atoms with Gasteiger partial charge in [-0.2, -0.15) is 0 Å². The second-order valence-corrected chi connectivity index (χ2v) is 6.78. The lowest BCUT2D eigenvalue weighted by molar-refractivity contribution is -0.124. The SMILES string of the molecule is CC(C)(C)CCCCNC(=O)C(N)C1CCOCC1. The second kappa shape index (κ2) is 7.85. The van der Waals surface area contributed by atoms with E-state index in [-0.39, 0.29) is 17.9 Å². The summed E-state index contributed by atoms with van der Waals surface area (Å²) in [7, 11) is 0. The molecule has 0 bridgehead atoms. The summed E-state index contributed by atoms with van der Waals surface area (Å²) in [6.45, 7) is 8.94. The molecule has 0 radical (unpaired) electrons. The van der Waals surface area contributed by atoms with Gasteiger partial charge in [0.2, 0.25) is 5.91 Å². The van der Waals surface area contributed by atoms with Gasteiger partial charge >= 0.3 is 0 Å². The smallest absolute Gasteiger partial charge is 0.237 e. The Labute approximate surface area is 117 Å². The Morgan fingerprint density at radius 1 is 1.32 bits per heavy atom. The van der Waals surface area contributed by atoms with Crippen molar-refractivity contribution in [3.05, 3.63) is 0 Å². The Hall–Kier alpha value is -0.610. The Kier molecular flexibility index (Phi) is 6.80. The lowest BCUT2D eigenvalue weighted by atomic mass is 9.90. The number of amides is 1. The van der Waals surface area contributed by atoms with Crippen molar-refractivity contribution in [1.29, 1.82) is 0 Å². The average Bonchev–Trinajstić information content (AvgIpc) is 2.37. The lowest BCUT2D eigenvalue weighted by Crippen LogP contribution is -2.47. The summed E-state index contributed by atoms with van der Waals surface area (Å²) >= 11 is 0. The molecule has 19 heavy (non-hydrogen) atoms. The molecule has 1 heterocycles. The van der Waals surface area contributed by atoms with Crippen molar-refractivity contribution in [1.82, 2.24) is 5.32 Å². The quantitative estimate of drug-likeness (QED) is 0.726. The number of nitrogens with one attached hydrogen (secondary N) is 1. The molecule has 1 atom stereocenters. The van der Waals surface area contributed by atoms with E-state index in [9.17, 15) is 4.79 Å². The Balaban J connectivity index is 2.12. The highest BCUT2D eigenvalue weighted by atomic mass is 16.5. The Morgan fingerprint density at radius 2 is 1.95 bits per heavy atom. The summed E-state index contributed by atoms with van der Waals surface area (Å²) in [6, 6.07) is -0.369. The maximum Gasteiger partial charge on any atom is 0.237 e. The molecule has 4 nitrogen and oxygen atoms in total. The largest absolute Gasteiger partial charge is 0.381 e. The molecule has 1 unspecified atom stereocenters. The number of unbranched alkanes of at least 4 members (excludes halogenated alkanes) is 1. The van der Waals surface area contributed by atoms with Gasteiger partial charge in [0.05, 0.1) is 6.04 Å². The predicted molar refractivity (Wildman–Crippen MR) is 77.8 cm³/mol. The van der Waals surface area contributed by atoms with E-state index in [0.717, 1.165) is 45.4 Å². The molecule has 0 aromatic carbocycles. The number of hydrogen-bond acceptors (Lipinski definition) is 3. The molecule has 1 rings (SSSR count). The van der Waals surface area contributed by atoms with E-state index in [0.29, 0.717) is 5.41 Å². The number of ether oxygens (including phenoxy) is 1. The van der Waals surface area contributed by atoms with Crippen LogP contribution in [0.25, 0.3) is 0 Å². The molecule has 1 amide bonds. The van der Waals surface area contributed by atoms with Crippen LogP contribution in [0.3, 0.4) is 0 Å². The fourth-order valence-corrected chi connectivity index (χ4v) is 2.40. The molecular formula is C15H30N2O2. The maximum atomic E-state index is 11.9. The highest BCUT2D eigenvalue weighted by Gasteiger charge is 2.26. The minimum atomic E-state index is -0.369. The molecule has 1 fully saturated rings. The molecule has 3 N–H and O–H groups in total. The summed E-state index contributed by atoms with van der Waals surface area (Å²) in [5.74, 6) is 0.283. The summed E-state index contributed by atoms with van der Waals surface area (Å²) in [4.78, 5) is 11.9. The van der Waals surface area contributed by atoms with Crippen molar-refractivity contribution in [2.24, 2.45) is 17.1 Å². The van der Waals surface area contributed by atoms with E-state index in [1.54, 1.807) is 0 Å². The van der Waals surface area contributed by atoms with Gasteiger partial charge in [-0.1, -0.05) is 27.2 Å². The highest BCUT2D eigenvalue weighted by molar-refractivity contribution is 5.81. The third-order valence-corrected chi connectivity index (χ3v) is 3.73. The van der Waals surface area contributed by atoms with Crippen LogP contribution in [0.2, 0.25) is 0 Å². The van der Waals surface area contributed by atoms with Crippen LogP contribution in [0.15, 0.2) is 0 Å². The van der Waals surface area contributed by atoms with Gasteiger partial charge in [-0.3, -0.25) is 4.79 Å². The van der Waals surface area contributed by atoms with Gasteiger partial charge in [-0.05, 0) is 37.0 Å². The predicted octanol–water partition coefficient (Wildman–Crippen LogP) is 2.07. The van der Waals surface area contributed by atoms with Crippen LogP contribution < -0.4 is 11.1 Å². The third-order valence-electron chi connectivity index (χ3n) is 3.73. The fourth-order valence-electron chi connectivity index (χ4n) is 2.40. The van der Waals surface area contributed by atoms with Gasteiger partial charge in [-0.15, -0.1) is 0 Å². The van der Waals surface area contributed by atoms with Gasteiger partial charge in [0.15, 0.2) is 0 Å². The monoisotopic (exact) mass is 270 g/mol. The van der Waals surface area contributed by atoms with E-state index in [2.05, 4.69) is 26.1 Å². The standard InChI is InChI=1S/C15H30N2O2/c1-15(2,3)8-4-5-9-17-14(18)13(16)12-6-10-19-11-7-12/h12-13H,4-11,16H2,1-3H3,(H,17,18). The third kappa shape index (κ3) is 6.92. The summed E-state index contributed by atoms with van der Waals surface area (Å²) < 4.78 is 5.29. The van der Waals surface area contributed by atoms with E-state index >= 15 is 0 Å². The molecule has 1 saturated heterocycles. The first-order valence-electron chi connectivity index (χ1n) is 7.51. The maximum absolute atomic E-state index is 11.9. The molecule has 0 aromatic rings. The van der Waals surface area contributed by atoms with Crippen molar-refractivity contribution in [2.45, 2.75) is 58.9 Å². The lowest BCUT2D eigenvalue weighted by Gasteiger charge is -2.26. The van der Waals surface area contributed by atoms with Crippen LogP contribution in [0, 0.1) is 11.3 Å². The molecule has 0 aromatic heterocycles. The molecule has 112 valence electrons. The molecule has 0 aliphatic carbocycles.